The van der Waals surface area contributed by atoms with Gasteiger partial charge in [-0.3, -0.25) is 4.79 Å². The van der Waals surface area contributed by atoms with E-state index in [0.717, 1.165) is 25.8 Å². The molecule has 1 saturated heterocycles. The van der Waals surface area contributed by atoms with Crippen LogP contribution in [-0.4, -0.2) is 18.5 Å². The maximum Gasteiger partial charge on any atom is 0.241 e. The number of hydrogen-bond donors (Lipinski definition) is 2. The molecule has 0 radical (unpaired) electrons. The van der Waals surface area contributed by atoms with Crippen LogP contribution in [0, 0.1) is 5.82 Å². The van der Waals surface area contributed by atoms with Crippen molar-refractivity contribution in [1.29, 1.82) is 0 Å². The lowest BCUT2D eigenvalue weighted by Crippen LogP contribution is -2.39. The Morgan fingerprint density at radius 1 is 1.39 bits per heavy atom. The number of carbonyl (C=O) groups excluding carboxylic acids is 1. The Kier molecular flexibility index (Phi) is 4.72. The molecule has 0 bridgehead atoms. The van der Waals surface area contributed by atoms with E-state index in [9.17, 15) is 9.18 Å². The van der Waals surface area contributed by atoms with Gasteiger partial charge in [-0.1, -0.05) is 12.8 Å². The summed E-state index contributed by atoms with van der Waals surface area (Å²) < 4.78 is 13.4. The van der Waals surface area contributed by atoms with Crippen LogP contribution in [0.5, 0.6) is 0 Å². The highest BCUT2D eigenvalue weighted by Gasteiger charge is 2.19. The van der Waals surface area contributed by atoms with Crippen molar-refractivity contribution in [3.63, 3.8) is 0 Å². The van der Waals surface area contributed by atoms with Gasteiger partial charge in [-0.25, -0.2) is 4.39 Å². The summed E-state index contributed by atoms with van der Waals surface area (Å²) >= 11 is 3.10. The molecule has 1 unspecified atom stereocenters. The summed E-state index contributed by atoms with van der Waals surface area (Å²) in [7, 11) is 0. The van der Waals surface area contributed by atoms with Crippen LogP contribution < -0.4 is 10.6 Å². The highest BCUT2D eigenvalue weighted by atomic mass is 79.9. The van der Waals surface area contributed by atoms with Crippen LogP contribution in [0.1, 0.15) is 25.7 Å². The van der Waals surface area contributed by atoms with E-state index < -0.39 is 0 Å². The first-order valence-corrected chi connectivity index (χ1v) is 6.95. The summed E-state index contributed by atoms with van der Waals surface area (Å²) in [6.07, 6.45) is 4.21. The number of nitrogens with one attached hydrogen (secondary N) is 2. The summed E-state index contributed by atoms with van der Waals surface area (Å²) in [4.78, 5) is 12.0. The van der Waals surface area contributed by atoms with Crippen molar-refractivity contribution in [1.82, 2.24) is 5.32 Å². The van der Waals surface area contributed by atoms with Crippen molar-refractivity contribution in [3.05, 3.63) is 28.5 Å². The molecule has 2 rings (SSSR count). The first kappa shape index (κ1) is 13.5. The highest BCUT2D eigenvalue weighted by molar-refractivity contribution is 9.10. The van der Waals surface area contributed by atoms with Gasteiger partial charge < -0.3 is 10.6 Å². The topological polar surface area (TPSA) is 41.1 Å². The number of anilines is 1. The summed E-state index contributed by atoms with van der Waals surface area (Å²) in [6, 6.07) is 4.33. The van der Waals surface area contributed by atoms with Gasteiger partial charge in [0.2, 0.25) is 5.91 Å². The molecule has 1 heterocycles. The Bertz CT molecular complexity index is 431. The zero-order chi connectivity index (χ0) is 13.0. The fourth-order valence-corrected chi connectivity index (χ4v) is 2.43. The Labute approximate surface area is 114 Å². The fraction of sp³-hybridized carbons (Fsp3) is 0.462. The van der Waals surface area contributed by atoms with Gasteiger partial charge in [-0.2, -0.15) is 0 Å². The molecular formula is C13H16BrFN2O. The molecule has 98 valence electrons. The van der Waals surface area contributed by atoms with Crippen molar-refractivity contribution < 1.29 is 9.18 Å². The van der Waals surface area contributed by atoms with E-state index in [1.165, 1.54) is 12.5 Å². The van der Waals surface area contributed by atoms with Gasteiger partial charge in [0.05, 0.1) is 10.5 Å². The van der Waals surface area contributed by atoms with Crippen molar-refractivity contribution in [2.75, 3.05) is 11.9 Å². The molecule has 1 fully saturated rings. The van der Waals surface area contributed by atoms with E-state index in [2.05, 4.69) is 26.6 Å². The van der Waals surface area contributed by atoms with Crippen LogP contribution in [0.25, 0.3) is 0 Å². The molecule has 1 aliphatic rings. The molecular weight excluding hydrogens is 299 g/mol. The molecule has 5 heteroatoms. The standard InChI is InChI=1S/C13H16BrFN2O/c14-10-8-9(5-6-11(10)15)17-13(18)12-4-2-1-3-7-16-12/h5-6,8,12,16H,1-4,7H2,(H,17,18). The van der Waals surface area contributed by atoms with Crippen LogP contribution in [-0.2, 0) is 4.79 Å². The smallest absolute Gasteiger partial charge is 0.241 e. The van der Waals surface area contributed by atoms with Gasteiger partial charge in [0, 0.05) is 5.69 Å². The Morgan fingerprint density at radius 2 is 2.22 bits per heavy atom. The first-order valence-electron chi connectivity index (χ1n) is 6.16. The third-order valence-corrected chi connectivity index (χ3v) is 3.67. The molecule has 18 heavy (non-hydrogen) atoms. The first-order chi connectivity index (χ1) is 8.66. The van der Waals surface area contributed by atoms with E-state index in [4.69, 9.17) is 0 Å². The highest BCUT2D eigenvalue weighted by Crippen LogP contribution is 2.20. The third kappa shape index (κ3) is 3.53. The maximum atomic E-state index is 13.1. The van der Waals surface area contributed by atoms with Crippen molar-refractivity contribution >= 4 is 27.5 Å². The van der Waals surface area contributed by atoms with E-state index in [1.54, 1.807) is 12.1 Å². The number of rotatable bonds is 2. The van der Waals surface area contributed by atoms with E-state index in [1.807, 2.05) is 0 Å². The van der Waals surface area contributed by atoms with E-state index in [0.29, 0.717) is 10.2 Å². The monoisotopic (exact) mass is 314 g/mol. The SMILES string of the molecule is O=C(Nc1ccc(F)c(Br)c1)C1CCCCCN1. The second-order valence-corrected chi connectivity index (χ2v) is 5.33. The molecule has 0 saturated carbocycles. The van der Waals surface area contributed by atoms with Crippen molar-refractivity contribution in [3.8, 4) is 0 Å². The summed E-state index contributed by atoms with van der Waals surface area (Å²) in [5.41, 5.74) is 0.610. The number of benzene rings is 1. The Balaban J connectivity index is 1.99. The molecule has 1 aliphatic heterocycles. The molecule has 1 amide bonds. The van der Waals surface area contributed by atoms with Crippen LogP contribution in [0.2, 0.25) is 0 Å². The summed E-state index contributed by atoms with van der Waals surface area (Å²) in [5.74, 6) is -0.379. The Morgan fingerprint density at radius 3 is 3.00 bits per heavy atom. The van der Waals surface area contributed by atoms with Crippen LogP contribution in [0.3, 0.4) is 0 Å². The van der Waals surface area contributed by atoms with Gasteiger partial charge >= 0.3 is 0 Å². The third-order valence-electron chi connectivity index (χ3n) is 3.06. The number of carbonyl (C=O) groups is 1. The lowest BCUT2D eigenvalue weighted by atomic mass is 10.1. The van der Waals surface area contributed by atoms with Crippen molar-refractivity contribution in [2.24, 2.45) is 0 Å². The van der Waals surface area contributed by atoms with Gasteiger partial charge in [0.15, 0.2) is 0 Å². The van der Waals surface area contributed by atoms with Crippen LogP contribution in [0.4, 0.5) is 10.1 Å². The van der Waals surface area contributed by atoms with Gasteiger partial charge in [-0.05, 0) is 53.5 Å². The molecule has 1 aromatic rings. The molecule has 1 atom stereocenters. The predicted octanol–water partition coefficient (Wildman–Crippen LogP) is 3.06. The molecule has 0 aliphatic carbocycles. The zero-order valence-corrected chi connectivity index (χ0v) is 11.6. The largest absolute Gasteiger partial charge is 0.325 e. The van der Waals surface area contributed by atoms with E-state index in [-0.39, 0.29) is 17.8 Å². The quantitative estimate of drug-likeness (QED) is 0.881. The molecule has 1 aromatic carbocycles. The lowest BCUT2D eigenvalue weighted by molar-refractivity contribution is -0.118. The fourth-order valence-electron chi connectivity index (χ4n) is 2.06. The molecule has 3 nitrogen and oxygen atoms in total. The molecule has 0 aromatic heterocycles. The second kappa shape index (κ2) is 6.29. The number of hydrogen-bond acceptors (Lipinski definition) is 2. The molecule has 0 spiro atoms. The minimum atomic E-state index is -0.333. The average molecular weight is 315 g/mol. The normalized spacial score (nSPS) is 20.2. The van der Waals surface area contributed by atoms with Crippen molar-refractivity contribution in [2.45, 2.75) is 31.7 Å². The van der Waals surface area contributed by atoms with Gasteiger partial charge in [0.25, 0.3) is 0 Å². The average Bonchev–Trinajstić information content (AvgIpc) is 2.62. The lowest BCUT2D eigenvalue weighted by Gasteiger charge is -2.15. The van der Waals surface area contributed by atoms with E-state index >= 15 is 0 Å². The van der Waals surface area contributed by atoms with Gasteiger partial charge in [0.1, 0.15) is 5.82 Å². The van der Waals surface area contributed by atoms with Crippen LogP contribution >= 0.6 is 15.9 Å². The van der Waals surface area contributed by atoms with Gasteiger partial charge in [-0.15, -0.1) is 0 Å². The summed E-state index contributed by atoms with van der Waals surface area (Å²) in [6.45, 7) is 0.880. The summed E-state index contributed by atoms with van der Waals surface area (Å²) in [5, 5.41) is 6.04. The number of halogens is 2. The second-order valence-electron chi connectivity index (χ2n) is 4.47. The Hall–Kier alpha value is -0.940. The maximum absolute atomic E-state index is 13.1. The van der Waals surface area contributed by atoms with Crippen LogP contribution in [0.15, 0.2) is 22.7 Å². The molecule has 2 N–H and O–H groups in total. The predicted molar refractivity (Wildman–Crippen MR) is 73.0 cm³/mol. The zero-order valence-electron chi connectivity index (χ0n) is 10.0. The minimum Gasteiger partial charge on any atom is -0.325 e. The number of amides is 1. The minimum absolute atomic E-state index is 0.0459.